The van der Waals surface area contributed by atoms with Gasteiger partial charge in [0.25, 0.3) is 0 Å². The maximum atomic E-state index is 12.4. The van der Waals surface area contributed by atoms with Crippen molar-refractivity contribution in [2.75, 3.05) is 7.11 Å². The van der Waals surface area contributed by atoms with Gasteiger partial charge in [-0.15, -0.1) is 0 Å². The predicted octanol–water partition coefficient (Wildman–Crippen LogP) is 2.85. The fourth-order valence-corrected chi connectivity index (χ4v) is 2.96. The fourth-order valence-electron chi connectivity index (χ4n) is 2.12. The van der Waals surface area contributed by atoms with Crippen LogP contribution in [0.25, 0.3) is 0 Å². The highest BCUT2D eigenvalue weighted by Crippen LogP contribution is 2.16. The van der Waals surface area contributed by atoms with Crippen LogP contribution in [0.1, 0.15) is 39.7 Å². The van der Waals surface area contributed by atoms with E-state index in [4.69, 9.17) is 4.74 Å². The molecule has 0 aliphatic rings. The Balaban J connectivity index is 2.80. The van der Waals surface area contributed by atoms with Crippen molar-refractivity contribution in [1.82, 2.24) is 4.72 Å². The molecule has 0 spiro atoms. The van der Waals surface area contributed by atoms with Crippen molar-refractivity contribution in [3.63, 3.8) is 0 Å². The second-order valence-electron chi connectivity index (χ2n) is 6.55. The van der Waals surface area contributed by atoms with E-state index >= 15 is 0 Å². The van der Waals surface area contributed by atoms with Crippen LogP contribution in [0, 0.1) is 5.92 Å². The van der Waals surface area contributed by atoms with Crippen LogP contribution in [0.4, 0.5) is 0 Å². The fraction of sp³-hybridized carbons (Fsp3) is 0.588. The molecule has 1 rings (SSSR count). The molecule has 124 valence electrons. The van der Waals surface area contributed by atoms with Gasteiger partial charge < -0.3 is 4.74 Å². The van der Waals surface area contributed by atoms with Gasteiger partial charge in [-0.2, -0.15) is 0 Å². The number of carbonyl (C=O) groups excluding carboxylic acids is 1. The predicted molar refractivity (Wildman–Crippen MR) is 90.8 cm³/mol. The van der Waals surface area contributed by atoms with E-state index < -0.39 is 11.0 Å². The highest BCUT2D eigenvalue weighted by atomic mass is 32.2. The lowest BCUT2D eigenvalue weighted by Gasteiger charge is -2.25. The van der Waals surface area contributed by atoms with Crippen LogP contribution < -0.4 is 4.72 Å². The third-order valence-electron chi connectivity index (χ3n) is 3.40. The molecule has 0 bridgehead atoms. The molecule has 0 saturated heterocycles. The zero-order valence-corrected chi connectivity index (χ0v) is 14.9. The van der Waals surface area contributed by atoms with Gasteiger partial charge in [0.15, 0.2) is 0 Å². The van der Waals surface area contributed by atoms with E-state index in [-0.39, 0.29) is 22.7 Å². The quantitative estimate of drug-likeness (QED) is 0.784. The number of carbonyl (C=O) groups is 1. The summed E-state index contributed by atoms with van der Waals surface area (Å²) in [6.45, 7) is 7.63. The van der Waals surface area contributed by atoms with Gasteiger partial charge in [-0.25, -0.2) is 8.93 Å². The summed E-state index contributed by atoms with van der Waals surface area (Å²) in [5.41, 5.74) is 1.16. The van der Waals surface area contributed by atoms with Gasteiger partial charge >= 0.3 is 5.97 Å². The second kappa shape index (κ2) is 8.44. The molecule has 0 aliphatic heterocycles. The minimum Gasteiger partial charge on any atom is -0.469 e. The summed E-state index contributed by atoms with van der Waals surface area (Å²) >= 11 is 0. The van der Waals surface area contributed by atoms with Gasteiger partial charge in [-0.3, -0.25) is 4.79 Å². The van der Waals surface area contributed by atoms with Crippen molar-refractivity contribution in [2.45, 2.75) is 51.3 Å². The molecule has 0 heterocycles. The topological polar surface area (TPSA) is 55.4 Å². The zero-order valence-electron chi connectivity index (χ0n) is 14.1. The van der Waals surface area contributed by atoms with Gasteiger partial charge in [0.05, 0.1) is 28.8 Å². The Labute approximate surface area is 136 Å². The SMILES string of the molecule is COC(=O)[C@@H](C)C[C@H](Cc1ccccc1)NS(=O)C(C)(C)C. The van der Waals surface area contributed by atoms with Gasteiger partial charge in [0.2, 0.25) is 0 Å². The summed E-state index contributed by atoms with van der Waals surface area (Å²) in [5.74, 6) is -0.468. The molecular formula is C17H27NO3S. The molecule has 22 heavy (non-hydrogen) atoms. The van der Waals surface area contributed by atoms with Crippen LogP contribution in [0.2, 0.25) is 0 Å². The summed E-state index contributed by atoms with van der Waals surface area (Å²) in [6.07, 6.45) is 1.31. The van der Waals surface area contributed by atoms with Crippen LogP contribution in [0.3, 0.4) is 0 Å². The van der Waals surface area contributed by atoms with E-state index in [1.807, 2.05) is 58.0 Å². The van der Waals surface area contributed by atoms with Crippen LogP contribution in [0.15, 0.2) is 30.3 Å². The lowest BCUT2D eigenvalue weighted by molar-refractivity contribution is -0.145. The molecule has 4 nitrogen and oxygen atoms in total. The number of esters is 1. The van der Waals surface area contributed by atoms with Crippen LogP contribution in [-0.2, 0) is 26.9 Å². The summed E-state index contributed by atoms with van der Waals surface area (Å²) in [5, 5.41) is 0. The Morgan fingerprint density at radius 2 is 1.86 bits per heavy atom. The second-order valence-corrected chi connectivity index (χ2v) is 8.54. The molecule has 1 aromatic rings. The van der Waals surface area contributed by atoms with E-state index in [9.17, 15) is 9.00 Å². The summed E-state index contributed by atoms with van der Waals surface area (Å²) < 4.78 is 20.0. The van der Waals surface area contributed by atoms with Crippen molar-refractivity contribution in [2.24, 2.45) is 5.92 Å². The highest BCUT2D eigenvalue weighted by Gasteiger charge is 2.26. The molecule has 5 heteroatoms. The van der Waals surface area contributed by atoms with Gasteiger partial charge in [-0.1, -0.05) is 37.3 Å². The number of hydrogen-bond acceptors (Lipinski definition) is 3. The van der Waals surface area contributed by atoms with E-state index in [0.717, 1.165) is 12.0 Å². The van der Waals surface area contributed by atoms with Crippen molar-refractivity contribution < 1.29 is 13.7 Å². The molecule has 3 atom stereocenters. The number of ether oxygens (including phenoxy) is 1. The molecule has 0 radical (unpaired) electrons. The van der Waals surface area contributed by atoms with Gasteiger partial charge in [0.1, 0.15) is 0 Å². The first-order valence-corrected chi connectivity index (χ1v) is 8.68. The average Bonchev–Trinajstić information content (AvgIpc) is 2.46. The number of hydrogen-bond donors (Lipinski definition) is 1. The largest absolute Gasteiger partial charge is 0.469 e. The number of nitrogens with one attached hydrogen (secondary N) is 1. The summed E-state index contributed by atoms with van der Waals surface area (Å²) in [7, 11) is 0.220. The molecule has 0 aromatic heterocycles. The maximum Gasteiger partial charge on any atom is 0.308 e. The van der Waals surface area contributed by atoms with Crippen molar-refractivity contribution in [3.05, 3.63) is 35.9 Å². The molecular weight excluding hydrogens is 298 g/mol. The minimum atomic E-state index is -1.17. The monoisotopic (exact) mass is 325 g/mol. The highest BCUT2D eigenvalue weighted by molar-refractivity contribution is 7.84. The molecule has 0 aliphatic carbocycles. The first-order valence-electron chi connectivity index (χ1n) is 7.54. The number of methoxy groups -OCH3 is 1. The number of benzene rings is 1. The zero-order chi connectivity index (χ0) is 16.8. The molecule has 1 aromatic carbocycles. The van der Waals surface area contributed by atoms with E-state index in [1.165, 1.54) is 7.11 Å². The minimum absolute atomic E-state index is 0.0449. The van der Waals surface area contributed by atoms with Gasteiger partial charge in [-0.05, 0) is 39.2 Å². The van der Waals surface area contributed by atoms with Crippen molar-refractivity contribution in [1.29, 1.82) is 0 Å². The van der Waals surface area contributed by atoms with E-state index in [0.29, 0.717) is 6.42 Å². The Hall–Kier alpha value is -1.20. The Bertz CT molecular complexity index is 496. The maximum absolute atomic E-state index is 12.4. The van der Waals surface area contributed by atoms with Crippen LogP contribution in [0.5, 0.6) is 0 Å². The van der Waals surface area contributed by atoms with Crippen LogP contribution >= 0.6 is 0 Å². The standard InChI is InChI=1S/C17H27NO3S/c1-13(16(19)21-5)11-15(18-22(20)17(2,3)4)12-14-9-7-6-8-10-14/h6-10,13,15,18H,11-12H2,1-5H3/t13-,15+,22?/m0/s1. The van der Waals surface area contributed by atoms with Gasteiger partial charge in [0, 0.05) is 6.04 Å². The molecule has 0 saturated carbocycles. The lowest BCUT2D eigenvalue weighted by atomic mass is 9.97. The van der Waals surface area contributed by atoms with E-state index in [1.54, 1.807) is 0 Å². The third kappa shape index (κ3) is 6.28. The normalized spacial score (nSPS) is 15.9. The summed E-state index contributed by atoms with van der Waals surface area (Å²) in [6, 6.07) is 9.97. The first-order chi connectivity index (χ1) is 10.2. The number of rotatable bonds is 7. The first kappa shape index (κ1) is 18.8. The molecule has 0 amide bonds. The molecule has 0 fully saturated rings. The van der Waals surface area contributed by atoms with Crippen LogP contribution in [-0.4, -0.2) is 28.1 Å². The van der Waals surface area contributed by atoms with Crippen molar-refractivity contribution >= 4 is 17.0 Å². The third-order valence-corrected chi connectivity index (χ3v) is 5.06. The van der Waals surface area contributed by atoms with E-state index in [2.05, 4.69) is 4.72 Å². The summed E-state index contributed by atoms with van der Waals surface area (Å²) in [4.78, 5) is 11.7. The Morgan fingerprint density at radius 3 is 2.36 bits per heavy atom. The smallest absolute Gasteiger partial charge is 0.308 e. The van der Waals surface area contributed by atoms with Crippen molar-refractivity contribution in [3.8, 4) is 0 Å². The molecule has 1 unspecified atom stereocenters. The molecule has 1 N–H and O–H groups in total. The Morgan fingerprint density at radius 1 is 1.27 bits per heavy atom. The lowest BCUT2D eigenvalue weighted by Crippen LogP contribution is -2.42. The Kier molecular flexibility index (Phi) is 7.23. The average molecular weight is 325 g/mol.